The van der Waals surface area contributed by atoms with Gasteiger partial charge in [0.05, 0.1) is 30.7 Å². The normalized spacial score (nSPS) is 13.9. The molecule has 1 N–H and O–H groups in total. The molecule has 138 valence electrons. The highest BCUT2D eigenvalue weighted by Gasteiger charge is 2.36. The number of amides is 1. The van der Waals surface area contributed by atoms with Crippen molar-refractivity contribution >= 4 is 27.3 Å². The first-order chi connectivity index (χ1) is 12.4. The van der Waals surface area contributed by atoms with Gasteiger partial charge in [-0.25, -0.2) is 8.42 Å². The third kappa shape index (κ3) is 4.76. The number of rotatable bonds is 8. The van der Waals surface area contributed by atoms with Crippen molar-refractivity contribution in [3.05, 3.63) is 54.6 Å². The van der Waals surface area contributed by atoms with Crippen LogP contribution in [-0.2, 0) is 14.8 Å². The minimum atomic E-state index is -3.41. The molecule has 0 spiro atoms. The van der Waals surface area contributed by atoms with Crippen molar-refractivity contribution in [2.45, 2.75) is 25.3 Å². The predicted octanol–water partition coefficient (Wildman–Crippen LogP) is 3.02. The van der Waals surface area contributed by atoms with Gasteiger partial charge in [0.25, 0.3) is 0 Å². The summed E-state index contributed by atoms with van der Waals surface area (Å²) in [5.41, 5.74) is 1.00. The number of nitrogens with one attached hydrogen (secondary N) is 1. The molecule has 1 aliphatic carbocycles. The molecule has 0 bridgehead atoms. The molecular formula is C19H22N2O4S. The number of para-hydroxylation sites is 3. The SMILES string of the molecule is CS(=O)(=O)N(c1ccccc1NC(=O)CCOc1ccccc1)C1CC1. The van der Waals surface area contributed by atoms with Crippen LogP contribution in [0, 0.1) is 0 Å². The lowest BCUT2D eigenvalue weighted by Gasteiger charge is -2.24. The van der Waals surface area contributed by atoms with E-state index in [1.165, 1.54) is 10.6 Å². The maximum Gasteiger partial charge on any atom is 0.232 e. The number of anilines is 2. The summed E-state index contributed by atoms with van der Waals surface area (Å²) >= 11 is 0. The van der Waals surface area contributed by atoms with E-state index in [4.69, 9.17) is 4.74 Å². The molecule has 6 nitrogen and oxygen atoms in total. The third-order valence-electron chi connectivity index (χ3n) is 3.99. The quantitative estimate of drug-likeness (QED) is 0.771. The van der Waals surface area contributed by atoms with Gasteiger partial charge in [-0.15, -0.1) is 0 Å². The molecule has 3 rings (SSSR count). The van der Waals surface area contributed by atoms with E-state index in [2.05, 4.69) is 5.32 Å². The summed E-state index contributed by atoms with van der Waals surface area (Å²) in [6.45, 7) is 0.246. The Morgan fingerprint density at radius 2 is 1.77 bits per heavy atom. The van der Waals surface area contributed by atoms with E-state index >= 15 is 0 Å². The lowest BCUT2D eigenvalue weighted by atomic mass is 10.2. The van der Waals surface area contributed by atoms with Gasteiger partial charge in [0.15, 0.2) is 0 Å². The Morgan fingerprint density at radius 1 is 1.12 bits per heavy atom. The van der Waals surface area contributed by atoms with Gasteiger partial charge in [-0.3, -0.25) is 9.10 Å². The van der Waals surface area contributed by atoms with Crippen LogP contribution < -0.4 is 14.4 Å². The molecule has 1 fully saturated rings. The van der Waals surface area contributed by atoms with Crippen LogP contribution in [-0.4, -0.2) is 33.2 Å². The Bertz CT molecular complexity index is 864. The van der Waals surface area contributed by atoms with Crippen LogP contribution in [0.15, 0.2) is 54.6 Å². The van der Waals surface area contributed by atoms with Gasteiger partial charge in [0.1, 0.15) is 5.75 Å². The van der Waals surface area contributed by atoms with Crippen LogP contribution in [0.2, 0.25) is 0 Å². The zero-order valence-corrected chi connectivity index (χ0v) is 15.4. The minimum absolute atomic E-state index is 0.0236. The van der Waals surface area contributed by atoms with E-state index in [0.717, 1.165) is 12.8 Å². The average molecular weight is 374 g/mol. The first kappa shape index (κ1) is 18.3. The second-order valence-electron chi connectivity index (χ2n) is 6.27. The summed E-state index contributed by atoms with van der Waals surface area (Å²) in [6, 6.07) is 16.2. The summed E-state index contributed by atoms with van der Waals surface area (Å²) < 4.78 is 31.3. The number of carbonyl (C=O) groups excluding carboxylic acids is 1. The molecule has 0 aromatic heterocycles. The van der Waals surface area contributed by atoms with Crippen LogP contribution in [0.4, 0.5) is 11.4 Å². The summed E-state index contributed by atoms with van der Waals surface area (Å²) in [6.07, 6.45) is 3.03. The van der Waals surface area contributed by atoms with Crippen molar-refractivity contribution in [2.24, 2.45) is 0 Å². The maximum atomic E-state index is 12.3. The number of ether oxygens (including phenoxy) is 1. The molecule has 0 atom stereocenters. The zero-order chi connectivity index (χ0) is 18.6. The van der Waals surface area contributed by atoms with E-state index in [1.54, 1.807) is 24.3 Å². The molecule has 1 amide bonds. The Morgan fingerprint density at radius 3 is 2.42 bits per heavy atom. The number of nitrogens with zero attached hydrogens (tertiary/aromatic N) is 1. The Labute approximate surface area is 153 Å². The molecule has 0 heterocycles. The standard InChI is InChI=1S/C19H22N2O4S/c1-26(23,24)21(15-11-12-15)18-10-6-5-9-17(18)20-19(22)13-14-25-16-7-3-2-4-8-16/h2-10,15H,11-14H2,1H3,(H,20,22). The zero-order valence-electron chi connectivity index (χ0n) is 14.6. The number of hydrogen-bond acceptors (Lipinski definition) is 4. The summed E-state index contributed by atoms with van der Waals surface area (Å²) in [7, 11) is -3.41. The van der Waals surface area contributed by atoms with Gasteiger partial charge in [0, 0.05) is 6.04 Å². The summed E-state index contributed by atoms with van der Waals surface area (Å²) in [5, 5.41) is 2.81. The molecule has 0 saturated heterocycles. The molecule has 0 radical (unpaired) electrons. The second kappa shape index (κ2) is 7.78. The minimum Gasteiger partial charge on any atom is -0.493 e. The number of sulfonamides is 1. The molecule has 0 aliphatic heterocycles. The number of carbonyl (C=O) groups is 1. The van der Waals surface area contributed by atoms with E-state index in [-0.39, 0.29) is 25.0 Å². The molecule has 7 heteroatoms. The second-order valence-corrected chi connectivity index (χ2v) is 8.13. The maximum absolute atomic E-state index is 12.3. The highest BCUT2D eigenvalue weighted by atomic mass is 32.2. The fourth-order valence-corrected chi connectivity index (χ4v) is 3.99. The molecule has 1 saturated carbocycles. The largest absolute Gasteiger partial charge is 0.493 e. The monoisotopic (exact) mass is 374 g/mol. The topological polar surface area (TPSA) is 75.7 Å². The van der Waals surface area contributed by atoms with E-state index in [9.17, 15) is 13.2 Å². The van der Waals surface area contributed by atoms with Gasteiger partial charge in [0.2, 0.25) is 15.9 Å². The summed E-state index contributed by atoms with van der Waals surface area (Å²) in [4.78, 5) is 12.3. The van der Waals surface area contributed by atoms with Crippen LogP contribution >= 0.6 is 0 Å². The third-order valence-corrected chi connectivity index (χ3v) is 5.20. The van der Waals surface area contributed by atoms with E-state index in [1.807, 2.05) is 30.3 Å². The molecule has 0 unspecified atom stereocenters. The molecular weight excluding hydrogens is 352 g/mol. The lowest BCUT2D eigenvalue weighted by molar-refractivity contribution is -0.116. The van der Waals surface area contributed by atoms with E-state index < -0.39 is 10.0 Å². The van der Waals surface area contributed by atoms with Gasteiger partial charge in [-0.05, 0) is 37.1 Å². The van der Waals surface area contributed by atoms with E-state index in [0.29, 0.717) is 17.1 Å². The van der Waals surface area contributed by atoms with Gasteiger partial charge >= 0.3 is 0 Å². The van der Waals surface area contributed by atoms with Crippen molar-refractivity contribution in [3.63, 3.8) is 0 Å². The van der Waals surface area contributed by atoms with Gasteiger partial charge in [-0.1, -0.05) is 30.3 Å². The van der Waals surface area contributed by atoms with Gasteiger partial charge in [-0.2, -0.15) is 0 Å². The fourth-order valence-electron chi connectivity index (χ4n) is 2.72. The number of benzene rings is 2. The highest BCUT2D eigenvalue weighted by Crippen LogP contribution is 2.37. The lowest BCUT2D eigenvalue weighted by Crippen LogP contribution is -2.33. The van der Waals surface area contributed by atoms with Crippen molar-refractivity contribution in [2.75, 3.05) is 22.5 Å². The Kier molecular flexibility index (Phi) is 5.46. The first-order valence-electron chi connectivity index (χ1n) is 8.51. The first-order valence-corrected chi connectivity index (χ1v) is 10.4. The molecule has 1 aliphatic rings. The van der Waals surface area contributed by atoms with Gasteiger partial charge < -0.3 is 10.1 Å². The highest BCUT2D eigenvalue weighted by molar-refractivity contribution is 7.92. The van der Waals surface area contributed by atoms with Crippen LogP contribution in [0.1, 0.15) is 19.3 Å². The molecule has 2 aromatic rings. The molecule has 26 heavy (non-hydrogen) atoms. The Hall–Kier alpha value is -2.54. The van der Waals surface area contributed by atoms with Crippen LogP contribution in [0.25, 0.3) is 0 Å². The van der Waals surface area contributed by atoms with Crippen molar-refractivity contribution in [1.82, 2.24) is 0 Å². The smallest absolute Gasteiger partial charge is 0.232 e. The predicted molar refractivity (Wildman–Crippen MR) is 102 cm³/mol. The van der Waals surface area contributed by atoms with Crippen molar-refractivity contribution < 1.29 is 17.9 Å². The van der Waals surface area contributed by atoms with Crippen molar-refractivity contribution in [1.29, 1.82) is 0 Å². The number of hydrogen-bond donors (Lipinski definition) is 1. The summed E-state index contributed by atoms with van der Waals surface area (Å²) in [5.74, 6) is 0.482. The van der Waals surface area contributed by atoms with Crippen molar-refractivity contribution in [3.8, 4) is 5.75 Å². The fraction of sp³-hybridized carbons (Fsp3) is 0.316. The Balaban J connectivity index is 1.65. The average Bonchev–Trinajstić information content (AvgIpc) is 3.41. The molecule has 2 aromatic carbocycles. The van der Waals surface area contributed by atoms with Crippen LogP contribution in [0.3, 0.4) is 0 Å². The van der Waals surface area contributed by atoms with Crippen LogP contribution in [0.5, 0.6) is 5.75 Å².